The van der Waals surface area contributed by atoms with Gasteiger partial charge in [0.1, 0.15) is 0 Å². The molecular formula is H5MoNNiO. The number of quaternary nitrogens is 1. The third-order valence-corrected chi connectivity index (χ3v) is 0. The molecule has 0 spiro atoms. The second-order valence-electron chi connectivity index (χ2n) is 0. The van der Waals surface area contributed by atoms with Crippen molar-refractivity contribution in [3.05, 3.63) is 0 Å². The van der Waals surface area contributed by atoms with Crippen LogP contribution >= 0.6 is 0 Å². The molecule has 0 aliphatic heterocycles. The van der Waals surface area contributed by atoms with Crippen LogP contribution in [-0.4, -0.2) is 5.48 Å². The molecule has 0 radical (unpaired) electrons. The summed E-state index contributed by atoms with van der Waals surface area (Å²) in [6.07, 6.45) is 0. The molecule has 32 valence electrons. The van der Waals surface area contributed by atoms with Crippen molar-refractivity contribution >= 4 is 0 Å². The Kier molecular flexibility index (Phi) is 575. The fourth-order valence-electron chi connectivity index (χ4n) is 0. The van der Waals surface area contributed by atoms with E-state index in [0.29, 0.717) is 0 Å². The average Bonchev–Trinajstić information content (AvgIpc) is 0. The van der Waals surface area contributed by atoms with E-state index in [1.807, 2.05) is 0 Å². The molecule has 0 aromatic heterocycles. The molecule has 0 atom stereocenters. The van der Waals surface area contributed by atoms with Crippen LogP contribution < -0.4 is 6.15 Å². The van der Waals surface area contributed by atoms with Gasteiger partial charge in [0.25, 0.3) is 0 Å². The van der Waals surface area contributed by atoms with E-state index in [2.05, 4.69) is 0 Å². The van der Waals surface area contributed by atoms with E-state index < -0.39 is 0 Å². The molecule has 0 aromatic rings. The standard InChI is InChI=1S/Mo.H3N.Ni.H2O/h;1H3;;1H2. The largest absolute Gasteiger partial charge is 0.870 e. The molecule has 4 heteroatoms. The van der Waals surface area contributed by atoms with Crippen LogP contribution in [0, 0.1) is 0 Å². The second-order valence-corrected chi connectivity index (χ2v) is 0. The van der Waals surface area contributed by atoms with Gasteiger partial charge in [-0.2, -0.15) is 0 Å². The van der Waals surface area contributed by atoms with E-state index in [1.165, 1.54) is 0 Å². The van der Waals surface area contributed by atoms with Crippen molar-refractivity contribution in [2.45, 2.75) is 0 Å². The van der Waals surface area contributed by atoms with Gasteiger partial charge in [0.05, 0.1) is 0 Å². The van der Waals surface area contributed by atoms with E-state index in [9.17, 15) is 0 Å². The Labute approximate surface area is 49.4 Å². The van der Waals surface area contributed by atoms with Gasteiger partial charge in [-0.3, -0.25) is 0 Å². The summed E-state index contributed by atoms with van der Waals surface area (Å²) in [7, 11) is 0. The molecule has 4 heavy (non-hydrogen) atoms. The smallest absolute Gasteiger partial charge is 0 e. The first-order valence-electron chi connectivity index (χ1n) is 0. The zero-order chi connectivity index (χ0) is 0. The van der Waals surface area contributed by atoms with Gasteiger partial charge in [-0.15, -0.1) is 0 Å². The summed E-state index contributed by atoms with van der Waals surface area (Å²) >= 11 is 0. The maximum absolute atomic E-state index is 0. The average molecular weight is 190 g/mol. The predicted molar refractivity (Wildman–Crippen MR) is 7.92 cm³/mol. The van der Waals surface area contributed by atoms with Gasteiger partial charge in [0, 0.05) is 37.6 Å². The zero-order valence-electron chi connectivity index (χ0n) is 2.17. The Morgan fingerprint density at radius 1 is 1.00 bits per heavy atom. The summed E-state index contributed by atoms with van der Waals surface area (Å²) in [5.74, 6) is 0. The van der Waals surface area contributed by atoms with Crippen LogP contribution in [0.25, 0.3) is 0 Å². The third kappa shape index (κ3) is 11.3. The van der Waals surface area contributed by atoms with Crippen LogP contribution in [0.15, 0.2) is 0 Å². The van der Waals surface area contributed by atoms with Crippen LogP contribution in [0.5, 0.6) is 0 Å². The van der Waals surface area contributed by atoms with Crippen molar-refractivity contribution < 1.29 is 43.0 Å². The van der Waals surface area contributed by atoms with Gasteiger partial charge in [-0.25, -0.2) is 0 Å². The molecular weight excluding hydrogens is 185 g/mol. The molecule has 0 unspecified atom stereocenters. The molecule has 0 saturated heterocycles. The van der Waals surface area contributed by atoms with Crippen molar-refractivity contribution in [1.29, 1.82) is 0 Å². The van der Waals surface area contributed by atoms with E-state index in [1.54, 1.807) is 0 Å². The van der Waals surface area contributed by atoms with Crippen LogP contribution in [0.3, 0.4) is 0 Å². The molecule has 0 aromatic carbocycles. The van der Waals surface area contributed by atoms with Gasteiger partial charge >= 0.3 is 0 Å². The van der Waals surface area contributed by atoms with E-state index in [-0.39, 0.29) is 49.2 Å². The third-order valence-electron chi connectivity index (χ3n) is 0. The summed E-state index contributed by atoms with van der Waals surface area (Å²) in [5.41, 5.74) is 0. The van der Waals surface area contributed by atoms with Gasteiger partial charge in [0.15, 0.2) is 0 Å². The minimum absolute atomic E-state index is 0. The molecule has 0 heterocycles. The number of hydrogen-bond acceptors (Lipinski definition) is 1. The van der Waals surface area contributed by atoms with Crippen molar-refractivity contribution in [2.24, 2.45) is 0 Å². The van der Waals surface area contributed by atoms with E-state index in [0.717, 1.165) is 0 Å². The monoisotopic (exact) mass is 191 g/mol. The van der Waals surface area contributed by atoms with Gasteiger partial charge < -0.3 is 11.6 Å². The van der Waals surface area contributed by atoms with Crippen molar-refractivity contribution in [3.63, 3.8) is 0 Å². The van der Waals surface area contributed by atoms with Crippen LogP contribution in [0.1, 0.15) is 0 Å². The van der Waals surface area contributed by atoms with Crippen molar-refractivity contribution in [3.8, 4) is 0 Å². The maximum atomic E-state index is 0. The van der Waals surface area contributed by atoms with Crippen molar-refractivity contribution in [1.82, 2.24) is 6.15 Å². The first-order valence-corrected chi connectivity index (χ1v) is 0. The normalized spacial score (nSPS) is 0. The SMILES string of the molecule is [Mo].[NH4+].[Ni].[OH-]. The van der Waals surface area contributed by atoms with Crippen molar-refractivity contribution in [2.75, 3.05) is 0 Å². The van der Waals surface area contributed by atoms with Crippen LogP contribution in [-0.2, 0) is 37.6 Å². The minimum atomic E-state index is 0. The first-order chi connectivity index (χ1) is 0. The molecule has 0 fully saturated rings. The molecule has 0 bridgehead atoms. The van der Waals surface area contributed by atoms with E-state index in [4.69, 9.17) is 0 Å². The van der Waals surface area contributed by atoms with E-state index >= 15 is 0 Å². The molecule has 2 nitrogen and oxygen atoms in total. The van der Waals surface area contributed by atoms with Crippen LogP contribution in [0.2, 0.25) is 0 Å². The van der Waals surface area contributed by atoms with Gasteiger partial charge in [-0.1, -0.05) is 0 Å². The Bertz CT molecular complexity index is 8.00. The Morgan fingerprint density at radius 2 is 1.00 bits per heavy atom. The molecule has 0 saturated carbocycles. The number of hydrogen-bond donors (Lipinski definition) is 1. The molecule has 5 N–H and O–H groups in total. The summed E-state index contributed by atoms with van der Waals surface area (Å²) < 4.78 is 0. The molecule has 0 rings (SSSR count). The Hall–Kier alpha value is 1.10. The first kappa shape index (κ1) is 70.7. The Morgan fingerprint density at radius 3 is 1.00 bits per heavy atom. The summed E-state index contributed by atoms with van der Waals surface area (Å²) in [4.78, 5) is 0. The predicted octanol–water partition coefficient (Wildman–Crippen LogP) is 0.194. The van der Waals surface area contributed by atoms with Gasteiger partial charge in [0.2, 0.25) is 0 Å². The zero-order valence-corrected chi connectivity index (χ0v) is 5.17. The fourth-order valence-corrected chi connectivity index (χ4v) is 0. The Balaban J connectivity index is 0. The number of rotatable bonds is 0. The summed E-state index contributed by atoms with van der Waals surface area (Å²) in [5, 5.41) is 0. The quantitative estimate of drug-likeness (QED) is 0.544. The molecule has 0 aliphatic carbocycles. The minimum Gasteiger partial charge on any atom is -0.870 e. The molecule has 0 amide bonds. The maximum Gasteiger partial charge on any atom is 0 e. The summed E-state index contributed by atoms with van der Waals surface area (Å²) in [6, 6.07) is 0. The topological polar surface area (TPSA) is 66.5 Å². The van der Waals surface area contributed by atoms with Crippen LogP contribution in [0.4, 0.5) is 0 Å². The molecule has 0 aliphatic rings. The second kappa shape index (κ2) is 32.5. The fraction of sp³-hybridized carbons (Fsp3) is 0. The summed E-state index contributed by atoms with van der Waals surface area (Å²) in [6.45, 7) is 0. The van der Waals surface area contributed by atoms with Gasteiger partial charge in [-0.05, 0) is 0 Å².